The van der Waals surface area contributed by atoms with Crippen LogP contribution in [0.4, 0.5) is 4.39 Å². The molecule has 1 aromatic rings. The van der Waals surface area contributed by atoms with Gasteiger partial charge in [0, 0.05) is 22.7 Å². The fraction of sp³-hybridized carbons (Fsp3) is 0.625. The van der Waals surface area contributed by atoms with Crippen LogP contribution in [0, 0.1) is 5.82 Å². The number of hydrogen-bond donors (Lipinski definition) is 1. The van der Waals surface area contributed by atoms with Crippen LogP contribution in [0.25, 0.3) is 0 Å². The monoisotopic (exact) mass is 281 g/mol. The Morgan fingerprint density at radius 2 is 2.00 bits per heavy atom. The molecule has 1 N–H and O–H groups in total. The highest BCUT2D eigenvalue weighted by molar-refractivity contribution is 8.00. The average Bonchev–Trinajstić information content (AvgIpc) is 2.40. The number of thioether (sulfide) groups is 1. The Balaban J connectivity index is 2.07. The molecule has 1 aromatic carbocycles. The number of nitrogens with one attached hydrogen (secondary N) is 1. The molecule has 3 heteroatoms. The van der Waals surface area contributed by atoms with E-state index in [1.54, 1.807) is 17.8 Å². The van der Waals surface area contributed by atoms with Crippen LogP contribution in [0.1, 0.15) is 51.5 Å². The molecule has 106 valence electrons. The van der Waals surface area contributed by atoms with Crippen molar-refractivity contribution in [3.05, 3.63) is 29.6 Å². The zero-order valence-electron chi connectivity index (χ0n) is 11.9. The van der Waals surface area contributed by atoms with E-state index in [0.29, 0.717) is 11.3 Å². The topological polar surface area (TPSA) is 12.0 Å². The summed E-state index contributed by atoms with van der Waals surface area (Å²) in [6.45, 7) is 4.99. The van der Waals surface area contributed by atoms with Gasteiger partial charge in [0.1, 0.15) is 5.82 Å². The third-order valence-electron chi connectivity index (χ3n) is 3.59. The Labute approximate surface area is 120 Å². The SMILES string of the molecule is CC(C)NCc1cccc(F)c1SC1CCCCC1. The maximum absolute atomic E-state index is 14.1. The number of hydrogen-bond acceptors (Lipinski definition) is 2. The predicted octanol–water partition coefficient (Wildman–Crippen LogP) is 4.75. The van der Waals surface area contributed by atoms with Crippen molar-refractivity contribution >= 4 is 11.8 Å². The normalized spacial score (nSPS) is 17.1. The van der Waals surface area contributed by atoms with E-state index in [0.717, 1.165) is 17.0 Å². The summed E-state index contributed by atoms with van der Waals surface area (Å²) < 4.78 is 14.1. The summed E-state index contributed by atoms with van der Waals surface area (Å²) in [4.78, 5) is 0.863. The van der Waals surface area contributed by atoms with Crippen molar-refractivity contribution in [1.29, 1.82) is 0 Å². The highest BCUT2D eigenvalue weighted by atomic mass is 32.2. The van der Waals surface area contributed by atoms with Gasteiger partial charge in [-0.15, -0.1) is 11.8 Å². The summed E-state index contributed by atoms with van der Waals surface area (Å²) in [5, 5.41) is 3.99. The van der Waals surface area contributed by atoms with Crippen LogP contribution in [0.5, 0.6) is 0 Å². The molecule has 2 rings (SSSR count). The molecule has 1 nitrogen and oxygen atoms in total. The molecule has 1 saturated carbocycles. The number of benzene rings is 1. The molecule has 0 saturated heterocycles. The van der Waals surface area contributed by atoms with Gasteiger partial charge in [-0.05, 0) is 24.5 Å². The van der Waals surface area contributed by atoms with Gasteiger partial charge in [0.15, 0.2) is 0 Å². The molecular formula is C16H24FNS. The second kappa shape index (κ2) is 7.30. The Bertz CT molecular complexity index is 400. The van der Waals surface area contributed by atoms with Crippen LogP contribution >= 0.6 is 11.8 Å². The Morgan fingerprint density at radius 3 is 2.68 bits per heavy atom. The molecule has 0 unspecified atom stereocenters. The first kappa shape index (κ1) is 14.9. The fourth-order valence-electron chi connectivity index (χ4n) is 2.49. The minimum Gasteiger partial charge on any atom is -0.310 e. The average molecular weight is 281 g/mol. The van der Waals surface area contributed by atoms with Crippen molar-refractivity contribution < 1.29 is 4.39 Å². The van der Waals surface area contributed by atoms with Crippen molar-refractivity contribution in [2.24, 2.45) is 0 Å². The first-order valence-electron chi connectivity index (χ1n) is 7.34. The van der Waals surface area contributed by atoms with Crippen molar-refractivity contribution in [2.45, 2.75) is 68.7 Å². The van der Waals surface area contributed by atoms with Gasteiger partial charge >= 0.3 is 0 Å². The predicted molar refractivity (Wildman–Crippen MR) is 81.1 cm³/mol. The molecule has 0 atom stereocenters. The maximum Gasteiger partial charge on any atom is 0.137 e. The molecule has 1 fully saturated rings. The van der Waals surface area contributed by atoms with Crippen molar-refractivity contribution in [3.8, 4) is 0 Å². The molecular weight excluding hydrogens is 257 g/mol. The molecule has 1 aliphatic rings. The molecule has 0 heterocycles. The van der Waals surface area contributed by atoms with Gasteiger partial charge in [0.2, 0.25) is 0 Å². The van der Waals surface area contributed by atoms with Crippen molar-refractivity contribution in [2.75, 3.05) is 0 Å². The summed E-state index contributed by atoms with van der Waals surface area (Å²) in [6, 6.07) is 5.88. The van der Waals surface area contributed by atoms with Crippen molar-refractivity contribution in [1.82, 2.24) is 5.32 Å². The summed E-state index contributed by atoms with van der Waals surface area (Å²) in [5.41, 5.74) is 1.10. The van der Waals surface area contributed by atoms with E-state index in [9.17, 15) is 4.39 Å². The molecule has 19 heavy (non-hydrogen) atoms. The van der Waals surface area contributed by atoms with Gasteiger partial charge in [0.05, 0.1) is 0 Å². The molecule has 0 aromatic heterocycles. The third kappa shape index (κ3) is 4.50. The smallest absolute Gasteiger partial charge is 0.137 e. The fourth-order valence-corrected chi connectivity index (χ4v) is 3.86. The molecule has 0 spiro atoms. The third-order valence-corrected chi connectivity index (χ3v) is 5.08. The lowest BCUT2D eigenvalue weighted by Crippen LogP contribution is -2.22. The molecule has 0 amide bonds. The van der Waals surface area contributed by atoms with Crippen LogP contribution < -0.4 is 5.32 Å². The van der Waals surface area contributed by atoms with Crippen LogP contribution in [0.2, 0.25) is 0 Å². The van der Waals surface area contributed by atoms with Gasteiger partial charge in [-0.25, -0.2) is 4.39 Å². The van der Waals surface area contributed by atoms with E-state index >= 15 is 0 Å². The zero-order valence-corrected chi connectivity index (χ0v) is 12.7. The Hall–Kier alpha value is -0.540. The first-order chi connectivity index (χ1) is 9.16. The lowest BCUT2D eigenvalue weighted by molar-refractivity contribution is 0.514. The van der Waals surface area contributed by atoms with E-state index < -0.39 is 0 Å². The van der Waals surface area contributed by atoms with Crippen molar-refractivity contribution in [3.63, 3.8) is 0 Å². The zero-order chi connectivity index (χ0) is 13.7. The lowest BCUT2D eigenvalue weighted by atomic mass is 10.0. The van der Waals surface area contributed by atoms with Crippen LogP contribution in [0.15, 0.2) is 23.1 Å². The second-order valence-electron chi connectivity index (χ2n) is 5.64. The van der Waals surface area contributed by atoms with Crippen LogP contribution in [-0.4, -0.2) is 11.3 Å². The standard InChI is InChI=1S/C16H24FNS/c1-12(2)18-11-13-7-6-10-15(17)16(13)19-14-8-4-3-5-9-14/h6-7,10,12,14,18H,3-5,8-9,11H2,1-2H3. The highest BCUT2D eigenvalue weighted by Crippen LogP contribution is 2.36. The quantitative estimate of drug-likeness (QED) is 0.836. The molecule has 1 aliphatic carbocycles. The minimum atomic E-state index is -0.0568. The number of rotatable bonds is 5. The summed E-state index contributed by atoms with van der Waals surface area (Å²) in [5.74, 6) is -0.0568. The van der Waals surface area contributed by atoms with E-state index in [4.69, 9.17) is 0 Å². The van der Waals surface area contributed by atoms with E-state index in [2.05, 4.69) is 19.2 Å². The Morgan fingerprint density at radius 1 is 1.26 bits per heavy atom. The van der Waals surface area contributed by atoms with Gasteiger partial charge in [-0.2, -0.15) is 0 Å². The molecule has 0 radical (unpaired) electrons. The van der Waals surface area contributed by atoms with Gasteiger partial charge in [0.25, 0.3) is 0 Å². The minimum absolute atomic E-state index is 0.0568. The largest absolute Gasteiger partial charge is 0.310 e. The summed E-state index contributed by atoms with van der Waals surface area (Å²) in [7, 11) is 0. The number of halogens is 1. The van der Waals surface area contributed by atoms with Gasteiger partial charge < -0.3 is 5.32 Å². The van der Waals surface area contributed by atoms with Gasteiger partial charge in [-0.3, -0.25) is 0 Å². The maximum atomic E-state index is 14.1. The van der Waals surface area contributed by atoms with E-state index in [1.807, 2.05) is 12.1 Å². The van der Waals surface area contributed by atoms with Crippen LogP contribution in [-0.2, 0) is 6.54 Å². The van der Waals surface area contributed by atoms with Crippen LogP contribution in [0.3, 0.4) is 0 Å². The lowest BCUT2D eigenvalue weighted by Gasteiger charge is -2.22. The molecule has 0 bridgehead atoms. The summed E-state index contributed by atoms with van der Waals surface area (Å²) >= 11 is 1.75. The summed E-state index contributed by atoms with van der Waals surface area (Å²) in [6.07, 6.45) is 6.40. The van der Waals surface area contributed by atoms with Gasteiger partial charge in [-0.1, -0.05) is 45.2 Å². The molecule has 0 aliphatic heterocycles. The van der Waals surface area contributed by atoms with E-state index in [-0.39, 0.29) is 5.82 Å². The Kier molecular flexibility index (Phi) is 5.71. The highest BCUT2D eigenvalue weighted by Gasteiger charge is 2.18. The van der Waals surface area contributed by atoms with E-state index in [1.165, 1.54) is 32.1 Å². The second-order valence-corrected chi connectivity index (χ2v) is 6.95. The first-order valence-corrected chi connectivity index (χ1v) is 8.22.